The van der Waals surface area contributed by atoms with Crippen LogP contribution in [0.15, 0.2) is 50.3 Å². The van der Waals surface area contributed by atoms with Crippen molar-refractivity contribution in [2.45, 2.75) is 6.10 Å². The van der Waals surface area contributed by atoms with Crippen LogP contribution >= 0.6 is 11.3 Å². The van der Waals surface area contributed by atoms with E-state index in [1.807, 2.05) is 0 Å². The number of rotatable bonds is 7. The number of nitrogens with two attached hydrogens (primary N) is 1. The second kappa shape index (κ2) is 8.67. The summed E-state index contributed by atoms with van der Waals surface area (Å²) >= 11 is 1.15. The Bertz CT molecular complexity index is 1140. The average Bonchev–Trinajstić information content (AvgIpc) is 3.20. The molecule has 0 radical (unpaired) electrons. The van der Waals surface area contributed by atoms with Crippen molar-refractivity contribution < 1.29 is 23.9 Å². The molecule has 9 nitrogen and oxygen atoms in total. The van der Waals surface area contributed by atoms with Gasteiger partial charge in [0.1, 0.15) is 0 Å². The van der Waals surface area contributed by atoms with Gasteiger partial charge in [-0.25, -0.2) is 4.79 Å². The molecular formula is C19H17N3O6S. The van der Waals surface area contributed by atoms with E-state index in [1.54, 1.807) is 24.3 Å². The van der Waals surface area contributed by atoms with E-state index in [0.29, 0.717) is 10.8 Å². The molecule has 1 unspecified atom stereocenters. The van der Waals surface area contributed by atoms with Crippen molar-refractivity contribution in [1.29, 1.82) is 0 Å². The molecule has 3 rings (SSSR count). The number of aliphatic hydroxyl groups excluding tert-OH is 1. The van der Waals surface area contributed by atoms with Gasteiger partial charge in [-0.2, -0.15) is 11.3 Å². The van der Waals surface area contributed by atoms with Gasteiger partial charge in [0, 0.05) is 23.8 Å². The average molecular weight is 415 g/mol. The number of thiophene rings is 1. The van der Waals surface area contributed by atoms with E-state index in [2.05, 4.69) is 10.6 Å². The van der Waals surface area contributed by atoms with Crippen LogP contribution in [0, 0.1) is 0 Å². The number of carbonyl (C=O) groups is 3. The molecule has 0 bridgehead atoms. The molecule has 0 aliphatic rings. The third-order valence-corrected chi connectivity index (χ3v) is 4.81. The first-order chi connectivity index (χ1) is 13.9. The summed E-state index contributed by atoms with van der Waals surface area (Å²) in [6, 6.07) is 8.12. The number of hydrogen-bond donors (Lipinski definition) is 4. The number of amides is 3. The van der Waals surface area contributed by atoms with E-state index in [-0.39, 0.29) is 30.0 Å². The Labute approximate surface area is 168 Å². The fourth-order valence-corrected chi connectivity index (χ4v) is 3.40. The van der Waals surface area contributed by atoms with Crippen molar-refractivity contribution in [3.63, 3.8) is 0 Å². The van der Waals surface area contributed by atoms with Crippen molar-refractivity contribution in [1.82, 2.24) is 10.6 Å². The van der Waals surface area contributed by atoms with Crippen LogP contribution in [0.1, 0.15) is 31.3 Å². The zero-order valence-electron chi connectivity index (χ0n) is 15.0. The molecule has 0 aliphatic heterocycles. The van der Waals surface area contributed by atoms with Crippen molar-refractivity contribution in [3.8, 4) is 0 Å². The molecule has 0 spiro atoms. The highest BCUT2D eigenvalue weighted by atomic mass is 32.1. The topological polar surface area (TPSA) is 152 Å². The summed E-state index contributed by atoms with van der Waals surface area (Å²) in [7, 11) is 0. The van der Waals surface area contributed by atoms with Crippen LogP contribution in [0.3, 0.4) is 0 Å². The minimum atomic E-state index is -1.11. The van der Waals surface area contributed by atoms with E-state index in [1.165, 1.54) is 16.8 Å². The number of benzene rings is 1. The summed E-state index contributed by atoms with van der Waals surface area (Å²) < 4.78 is 5.01. The molecule has 3 amide bonds. The number of nitrogens with one attached hydrogen (secondary N) is 2. The SMILES string of the molecule is NC(=O)c1cscc1C(=O)NCC(O)CNC(=O)c1cc2ccccc2c(=O)o1. The van der Waals surface area contributed by atoms with Crippen LogP contribution in [0.25, 0.3) is 10.8 Å². The van der Waals surface area contributed by atoms with Crippen molar-refractivity contribution in [2.75, 3.05) is 13.1 Å². The van der Waals surface area contributed by atoms with Gasteiger partial charge in [0.2, 0.25) is 5.91 Å². The Hall–Kier alpha value is -3.50. The van der Waals surface area contributed by atoms with Gasteiger partial charge in [0.25, 0.3) is 11.8 Å². The molecule has 0 fully saturated rings. The standard InChI is InChI=1S/C19H17N3O6S/c20-16(24)13-8-29-9-14(13)17(25)21-6-11(23)7-22-18(26)15-5-10-3-1-2-4-12(10)19(27)28-15/h1-5,8-9,11,23H,6-7H2,(H2,20,24)(H,21,25)(H,22,26). The quantitative estimate of drug-likeness (QED) is 0.440. The Morgan fingerprint density at radius 1 is 1.07 bits per heavy atom. The van der Waals surface area contributed by atoms with Gasteiger partial charge in [-0.15, -0.1) is 0 Å². The summed E-state index contributed by atoms with van der Waals surface area (Å²) in [5, 5.41) is 18.7. The molecule has 5 N–H and O–H groups in total. The third kappa shape index (κ3) is 4.68. The minimum Gasteiger partial charge on any atom is -0.417 e. The van der Waals surface area contributed by atoms with Crippen LogP contribution in [0.2, 0.25) is 0 Å². The zero-order chi connectivity index (χ0) is 21.0. The number of hydrogen-bond acceptors (Lipinski definition) is 7. The highest BCUT2D eigenvalue weighted by molar-refractivity contribution is 7.08. The summed E-state index contributed by atoms with van der Waals surface area (Å²) in [6.07, 6.45) is -1.11. The lowest BCUT2D eigenvalue weighted by Gasteiger charge is -2.13. The van der Waals surface area contributed by atoms with E-state index < -0.39 is 29.5 Å². The van der Waals surface area contributed by atoms with Gasteiger partial charge in [0.15, 0.2) is 5.76 Å². The molecule has 3 aromatic rings. The summed E-state index contributed by atoms with van der Waals surface area (Å²) in [5.41, 5.74) is 4.78. The molecule has 2 heterocycles. The molecule has 10 heteroatoms. The summed E-state index contributed by atoms with van der Waals surface area (Å²) in [6.45, 7) is -0.364. The van der Waals surface area contributed by atoms with E-state index >= 15 is 0 Å². The first-order valence-electron chi connectivity index (χ1n) is 8.50. The lowest BCUT2D eigenvalue weighted by molar-refractivity contribution is 0.0862. The predicted octanol–water partition coefficient (Wildman–Crippen LogP) is 0.474. The maximum Gasteiger partial charge on any atom is 0.344 e. The zero-order valence-corrected chi connectivity index (χ0v) is 15.8. The fourth-order valence-electron chi connectivity index (χ4n) is 2.59. The number of fused-ring (bicyclic) bond motifs is 1. The molecule has 29 heavy (non-hydrogen) atoms. The summed E-state index contributed by atoms with van der Waals surface area (Å²) in [4.78, 5) is 47.5. The maximum absolute atomic E-state index is 12.2. The molecule has 2 aromatic heterocycles. The fraction of sp³-hybridized carbons (Fsp3) is 0.158. The van der Waals surface area contributed by atoms with Crippen LogP contribution in [-0.2, 0) is 0 Å². The Morgan fingerprint density at radius 2 is 1.72 bits per heavy atom. The molecule has 0 saturated heterocycles. The molecular weight excluding hydrogens is 398 g/mol. The highest BCUT2D eigenvalue weighted by Gasteiger charge is 2.18. The smallest absolute Gasteiger partial charge is 0.344 e. The Morgan fingerprint density at radius 3 is 2.45 bits per heavy atom. The lowest BCUT2D eigenvalue weighted by Crippen LogP contribution is -2.40. The van der Waals surface area contributed by atoms with Gasteiger partial charge in [0.05, 0.1) is 22.6 Å². The normalized spacial score (nSPS) is 11.8. The van der Waals surface area contributed by atoms with E-state index in [0.717, 1.165) is 11.3 Å². The Kier molecular flexibility index (Phi) is 6.05. The number of primary amides is 1. The van der Waals surface area contributed by atoms with Crippen LogP contribution in [0.4, 0.5) is 0 Å². The third-order valence-electron chi connectivity index (χ3n) is 4.06. The molecule has 1 aromatic carbocycles. The van der Waals surface area contributed by atoms with E-state index in [4.69, 9.17) is 10.2 Å². The predicted molar refractivity (Wildman–Crippen MR) is 106 cm³/mol. The second-order valence-electron chi connectivity index (χ2n) is 6.12. The maximum atomic E-state index is 12.2. The first kappa shape index (κ1) is 20.2. The monoisotopic (exact) mass is 415 g/mol. The van der Waals surface area contributed by atoms with Crippen LogP contribution < -0.4 is 22.0 Å². The molecule has 1 atom stereocenters. The summed E-state index contributed by atoms with van der Waals surface area (Å²) in [5.74, 6) is -2.14. The van der Waals surface area contributed by atoms with Gasteiger partial charge in [-0.3, -0.25) is 14.4 Å². The van der Waals surface area contributed by atoms with Gasteiger partial charge >= 0.3 is 5.63 Å². The largest absolute Gasteiger partial charge is 0.417 e. The Balaban J connectivity index is 1.55. The van der Waals surface area contributed by atoms with Crippen LogP contribution in [0.5, 0.6) is 0 Å². The molecule has 150 valence electrons. The molecule has 0 aliphatic carbocycles. The van der Waals surface area contributed by atoms with Gasteiger partial charge in [-0.1, -0.05) is 18.2 Å². The van der Waals surface area contributed by atoms with Crippen molar-refractivity contribution in [2.24, 2.45) is 5.73 Å². The van der Waals surface area contributed by atoms with Gasteiger partial charge in [-0.05, 0) is 17.5 Å². The highest BCUT2D eigenvalue weighted by Crippen LogP contribution is 2.14. The second-order valence-corrected chi connectivity index (χ2v) is 6.87. The van der Waals surface area contributed by atoms with Crippen molar-refractivity contribution >= 4 is 39.8 Å². The number of carbonyl (C=O) groups excluding carboxylic acids is 3. The van der Waals surface area contributed by atoms with Gasteiger partial charge < -0.3 is 25.9 Å². The first-order valence-corrected chi connectivity index (χ1v) is 9.44. The van der Waals surface area contributed by atoms with Crippen LogP contribution in [-0.4, -0.2) is 42.0 Å². The van der Waals surface area contributed by atoms with Crippen molar-refractivity contribution in [3.05, 3.63) is 68.4 Å². The molecule has 0 saturated carbocycles. The number of aliphatic hydroxyl groups is 1. The van der Waals surface area contributed by atoms with E-state index in [9.17, 15) is 24.3 Å². The minimum absolute atomic E-state index is 0.0987. The lowest BCUT2D eigenvalue weighted by atomic mass is 10.1.